The summed E-state index contributed by atoms with van der Waals surface area (Å²) in [6, 6.07) is 1.11. The fourth-order valence-corrected chi connectivity index (χ4v) is 2.22. The molecule has 23 heavy (non-hydrogen) atoms. The van der Waals surface area contributed by atoms with Gasteiger partial charge in [0.15, 0.2) is 0 Å². The van der Waals surface area contributed by atoms with Crippen LogP contribution < -0.4 is 10.6 Å². The van der Waals surface area contributed by atoms with E-state index in [9.17, 15) is 4.79 Å². The fourth-order valence-electron chi connectivity index (χ4n) is 2.22. The van der Waals surface area contributed by atoms with Gasteiger partial charge in [0.2, 0.25) is 5.95 Å². The van der Waals surface area contributed by atoms with E-state index in [0.717, 1.165) is 17.9 Å². The number of carbonyl (C=O) groups is 1. The fraction of sp³-hybridized carbons (Fsp3) is 0.571. The summed E-state index contributed by atoms with van der Waals surface area (Å²) in [5, 5.41) is 16.3. The van der Waals surface area contributed by atoms with Crippen molar-refractivity contribution in [1.82, 2.24) is 30.3 Å². The Bertz CT molecular complexity index is 635. The molecule has 2 aromatic rings. The predicted molar refractivity (Wildman–Crippen MR) is 84.9 cm³/mol. The van der Waals surface area contributed by atoms with Crippen molar-refractivity contribution in [2.45, 2.75) is 26.3 Å². The van der Waals surface area contributed by atoms with Crippen LogP contribution in [0.2, 0.25) is 0 Å². The van der Waals surface area contributed by atoms with Gasteiger partial charge in [-0.25, -0.2) is 4.79 Å². The number of aryl methyl sites for hydroxylation is 1. The van der Waals surface area contributed by atoms with Gasteiger partial charge in [-0.3, -0.25) is 15.1 Å². The monoisotopic (exact) mass is 321 g/mol. The van der Waals surface area contributed by atoms with Gasteiger partial charge in [-0.1, -0.05) is 13.8 Å². The third-order valence-corrected chi connectivity index (χ3v) is 3.21. The first-order chi connectivity index (χ1) is 11.0. The molecule has 9 nitrogen and oxygen atoms in total. The minimum Gasteiger partial charge on any atom is -0.382 e. The van der Waals surface area contributed by atoms with Crippen molar-refractivity contribution < 1.29 is 9.53 Å². The second-order valence-electron chi connectivity index (χ2n) is 5.69. The van der Waals surface area contributed by atoms with E-state index in [2.05, 4.69) is 44.8 Å². The Morgan fingerprint density at radius 2 is 2.26 bits per heavy atom. The Balaban J connectivity index is 1.96. The summed E-state index contributed by atoms with van der Waals surface area (Å²) in [5.41, 5.74) is 0.845. The number of urea groups is 1. The summed E-state index contributed by atoms with van der Waals surface area (Å²) in [5.74, 6) is 1.45. The summed E-state index contributed by atoms with van der Waals surface area (Å²) in [7, 11) is 3.39. The molecule has 0 aliphatic heterocycles. The summed E-state index contributed by atoms with van der Waals surface area (Å²) >= 11 is 0. The normalized spacial score (nSPS) is 12.4. The Morgan fingerprint density at radius 3 is 2.87 bits per heavy atom. The highest BCUT2D eigenvalue weighted by Gasteiger charge is 2.18. The number of carbonyl (C=O) groups excluding carboxylic acids is 1. The number of nitrogens with zero attached hydrogens (tertiary/aromatic N) is 4. The van der Waals surface area contributed by atoms with Crippen LogP contribution in [0.5, 0.6) is 0 Å². The lowest BCUT2D eigenvalue weighted by Crippen LogP contribution is -2.36. The molecule has 0 spiro atoms. The van der Waals surface area contributed by atoms with Crippen molar-refractivity contribution in [3.05, 3.63) is 23.8 Å². The summed E-state index contributed by atoms with van der Waals surface area (Å²) in [4.78, 5) is 16.4. The van der Waals surface area contributed by atoms with E-state index in [4.69, 9.17) is 4.74 Å². The van der Waals surface area contributed by atoms with Gasteiger partial charge in [0, 0.05) is 26.8 Å². The lowest BCUT2D eigenvalue weighted by atomic mass is 10.1. The van der Waals surface area contributed by atoms with Gasteiger partial charge in [0.25, 0.3) is 0 Å². The van der Waals surface area contributed by atoms with Gasteiger partial charge in [0.05, 0.1) is 18.3 Å². The molecule has 1 atom stereocenters. The summed E-state index contributed by atoms with van der Waals surface area (Å²) in [6.07, 6.45) is 2.45. The lowest BCUT2D eigenvalue weighted by molar-refractivity contribution is 0.165. The van der Waals surface area contributed by atoms with Crippen molar-refractivity contribution in [3.8, 4) is 0 Å². The number of aromatic nitrogens is 5. The zero-order chi connectivity index (χ0) is 16.8. The van der Waals surface area contributed by atoms with Gasteiger partial charge >= 0.3 is 6.03 Å². The maximum absolute atomic E-state index is 12.1. The van der Waals surface area contributed by atoms with Crippen LogP contribution >= 0.6 is 0 Å². The zero-order valence-electron chi connectivity index (χ0n) is 13.8. The van der Waals surface area contributed by atoms with Crippen LogP contribution in [0.15, 0.2) is 12.3 Å². The van der Waals surface area contributed by atoms with Gasteiger partial charge in [-0.2, -0.15) is 10.1 Å². The van der Waals surface area contributed by atoms with E-state index in [0.29, 0.717) is 12.5 Å². The van der Waals surface area contributed by atoms with Crippen molar-refractivity contribution in [2.75, 3.05) is 19.0 Å². The highest BCUT2D eigenvalue weighted by molar-refractivity contribution is 5.87. The van der Waals surface area contributed by atoms with E-state index >= 15 is 0 Å². The lowest BCUT2D eigenvalue weighted by Gasteiger charge is -2.17. The first-order valence-corrected chi connectivity index (χ1v) is 7.45. The number of ether oxygens (including phenoxy) is 1. The molecular formula is C14H23N7O2. The Hall–Kier alpha value is -2.42. The molecule has 1 unspecified atom stereocenters. The quantitative estimate of drug-likeness (QED) is 0.711. The number of hydrogen-bond acceptors (Lipinski definition) is 5. The third kappa shape index (κ3) is 4.78. The van der Waals surface area contributed by atoms with Crippen LogP contribution in [-0.2, 0) is 18.2 Å². The summed E-state index contributed by atoms with van der Waals surface area (Å²) < 4.78 is 6.85. The number of amides is 2. The second kappa shape index (κ2) is 7.73. The molecule has 126 valence electrons. The number of aromatic amines is 1. The van der Waals surface area contributed by atoms with Crippen molar-refractivity contribution in [1.29, 1.82) is 0 Å². The molecule has 0 radical (unpaired) electrons. The number of methoxy groups -OCH3 is 1. The molecule has 2 aromatic heterocycles. The number of H-pyrrole nitrogens is 1. The molecule has 0 bridgehead atoms. The molecule has 0 saturated carbocycles. The minimum atomic E-state index is -0.400. The number of nitrogens with one attached hydrogen (secondary N) is 3. The SMILES string of the molecule is COCC(NC(=O)Nc1n[nH]c(CC(C)C)n1)c1ccnn1C. The first kappa shape index (κ1) is 16.9. The van der Waals surface area contributed by atoms with Crippen LogP contribution in [0.4, 0.5) is 10.7 Å². The molecule has 0 saturated heterocycles. The molecule has 3 N–H and O–H groups in total. The molecular weight excluding hydrogens is 298 g/mol. The standard InChI is InChI=1S/C14H23N7O2/c1-9(2)7-12-17-13(20-19-12)18-14(22)16-10(8-23-4)11-5-6-15-21(11)3/h5-6,9-10H,7-8H2,1-4H3,(H3,16,17,18,19,20,22). The second-order valence-corrected chi connectivity index (χ2v) is 5.69. The molecule has 0 aromatic carbocycles. The van der Waals surface area contributed by atoms with E-state index in [1.807, 2.05) is 13.1 Å². The van der Waals surface area contributed by atoms with Crippen LogP contribution in [0.3, 0.4) is 0 Å². The Labute approximate surface area is 134 Å². The molecule has 2 heterocycles. The van der Waals surface area contributed by atoms with Crippen LogP contribution in [0.1, 0.15) is 31.4 Å². The van der Waals surface area contributed by atoms with E-state index in [1.165, 1.54) is 0 Å². The largest absolute Gasteiger partial charge is 0.382 e. The van der Waals surface area contributed by atoms with Crippen molar-refractivity contribution in [2.24, 2.45) is 13.0 Å². The number of rotatable bonds is 7. The minimum absolute atomic E-state index is 0.249. The molecule has 0 aliphatic carbocycles. The zero-order valence-corrected chi connectivity index (χ0v) is 13.8. The molecule has 0 aliphatic rings. The van der Waals surface area contributed by atoms with Gasteiger partial charge in [0.1, 0.15) is 5.82 Å². The van der Waals surface area contributed by atoms with Crippen molar-refractivity contribution >= 4 is 12.0 Å². The van der Waals surface area contributed by atoms with Crippen LogP contribution in [0, 0.1) is 5.92 Å². The summed E-state index contributed by atoms with van der Waals surface area (Å²) in [6.45, 7) is 4.51. The molecule has 0 fully saturated rings. The maximum Gasteiger partial charge on any atom is 0.322 e. The Kier molecular flexibility index (Phi) is 5.69. The topological polar surface area (TPSA) is 110 Å². The number of anilines is 1. The number of hydrogen-bond donors (Lipinski definition) is 3. The predicted octanol–water partition coefficient (Wildman–Crippen LogP) is 1.25. The molecule has 9 heteroatoms. The van der Waals surface area contributed by atoms with Crippen molar-refractivity contribution in [3.63, 3.8) is 0 Å². The molecule has 2 amide bonds. The third-order valence-electron chi connectivity index (χ3n) is 3.21. The van der Waals surface area contributed by atoms with Gasteiger partial charge < -0.3 is 10.1 Å². The van der Waals surface area contributed by atoms with Crippen LogP contribution in [-0.4, -0.2) is 44.7 Å². The highest BCUT2D eigenvalue weighted by atomic mass is 16.5. The van der Waals surface area contributed by atoms with E-state index in [1.54, 1.807) is 18.0 Å². The first-order valence-electron chi connectivity index (χ1n) is 7.45. The smallest absolute Gasteiger partial charge is 0.322 e. The van der Waals surface area contributed by atoms with E-state index < -0.39 is 6.03 Å². The average Bonchev–Trinajstić information content (AvgIpc) is 3.07. The van der Waals surface area contributed by atoms with Gasteiger partial charge in [-0.15, -0.1) is 5.10 Å². The van der Waals surface area contributed by atoms with Crippen LogP contribution in [0.25, 0.3) is 0 Å². The van der Waals surface area contributed by atoms with Gasteiger partial charge in [-0.05, 0) is 12.0 Å². The Morgan fingerprint density at radius 1 is 1.48 bits per heavy atom. The average molecular weight is 321 g/mol. The molecule has 2 rings (SSSR count). The maximum atomic E-state index is 12.1. The highest BCUT2D eigenvalue weighted by Crippen LogP contribution is 2.12. The van der Waals surface area contributed by atoms with E-state index in [-0.39, 0.29) is 12.0 Å².